The van der Waals surface area contributed by atoms with Crippen molar-refractivity contribution < 1.29 is 22.7 Å². The van der Waals surface area contributed by atoms with Gasteiger partial charge in [-0.15, -0.1) is 24.8 Å². The van der Waals surface area contributed by atoms with Crippen LogP contribution in [0.3, 0.4) is 0 Å². The molecule has 0 bridgehead atoms. The van der Waals surface area contributed by atoms with Gasteiger partial charge in [0, 0.05) is 10.0 Å². The molecule has 94 valence electrons. The number of ether oxygens (including phenoxy) is 1. The highest BCUT2D eigenvalue weighted by Crippen LogP contribution is 2.35. The van der Waals surface area contributed by atoms with Crippen LogP contribution in [0.2, 0.25) is 0 Å². The Balaban J connectivity index is 3.17. The van der Waals surface area contributed by atoms with Crippen molar-refractivity contribution in [2.75, 3.05) is 0 Å². The number of carbonyl (C=O) groups excluding carboxylic acids is 1. The van der Waals surface area contributed by atoms with Crippen LogP contribution >= 0.6 is 27.5 Å². The van der Waals surface area contributed by atoms with Crippen LogP contribution in [0.15, 0.2) is 22.7 Å². The summed E-state index contributed by atoms with van der Waals surface area (Å²) < 4.78 is 40.7. The highest BCUT2D eigenvalue weighted by molar-refractivity contribution is 9.10. The summed E-state index contributed by atoms with van der Waals surface area (Å²) >= 11 is 8.73. The van der Waals surface area contributed by atoms with Crippen LogP contribution in [0.1, 0.15) is 17.9 Å². The van der Waals surface area contributed by atoms with E-state index >= 15 is 0 Å². The van der Waals surface area contributed by atoms with Gasteiger partial charge >= 0.3 is 6.36 Å². The van der Waals surface area contributed by atoms with Crippen molar-refractivity contribution in [3.63, 3.8) is 0 Å². The molecule has 1 aromatic rings. The number of ketones is 1. The first-order valence-corrected chi connectivity index (χ1v) is 5.63. The van der Waals surface area contributed by atoms with Gasteiger partial charge in [-0.2, -0.15) is 0 Å². The van der Waals surface area contributed by atoms with Gasteiger partial charge in [-0.3, -0.25) is 4.79 Å². The van der Waals surface area contributed by atoms with E-state index in [-0.39, 0.29) is 5.56 Å². The van der Waals surface area contributed by atoms with Crippen molar-refractivity contribution in [3.05, 3.63) is 28.2 Å². The van der Waals surface area contributed by atoms with Crippen LogP contribution in [0.25, 0.3) is 0 Å². The van der Waals surface area contributed by atoms with E-state index in [1.165, 1.54) is 19.1 Å². The monoisotopic (exact) mass is 330 g/mol. The summed E-state index contributed by atoms with van der Waals surface area (Å²) in [6.45, 7) is 1.19. The number of hydrogen-bond acceptors (Lipinski definition) is 2. The lowest BCUT2D eigenvalue weighted by atomic mass is 10.1. The fourth-order valence-corrected chi connectivity index (χ4v) is 1.67. The fourth-order valence-electron chi connectivity index (χ4n) is 1.15. The molecule has 0 aliphatic rings. The average molecular weight is 332 g/mol. The van der Waals surface area contributed by atoms with Gasteiger partial charge in [-0.1, -0.05) is 22.0 Å². The van der Waals surface area contributed by atoms with Crippen LogP contribution in [0.5, 0.6) is 5.75 Å². The minimum atomic E-state index is -4.83. The molecule has 0 spiro atoms. The van der Waals surface area contributed by atoms with E-state index in [1.54, 1.807) is 0 Å². The zero-order valence-electron chi connectivity index (χ0n) is 8.52. The van der Waals surface area contributed by atoms with E-state index in [0.29, 0.717) is 4.47 Å². The van der Waals surface area contributed by atoms with Gasteiger partial charge in [0.15, 0.2) is 5.78 Å². The van der Waals surface area contributed by atoms with Crippen LogP contribution in [-0.4, -0.2) is 12.1 Å². The predicted octanol–water partition coefficient (Wildman–Crippen LogP) is 4.22. The van der Waals surface area contributed by atoms with Gasteiger partial charge in [0.2, 0.25) is 0 Å². The summed E-state index contributed by atoms with van der Waals surface area (Å²) in [7, 11) is 0. The number of carbonyl (C=O) groups is 1. The first kappa shape index (κ1) is 14.3. The molecule has 0 N–H and O–H groups in total. The lowest BCUT2D eigenvalue weighted by Gasteiger charge is -2.15. The zero-order valence-corrected chi connectivity index (χ0v) is 10.9. The second-order valence-corrected chi connectivity index (χ2v) is 4.56. The molecular weight excluding hydrogens is 324 g/mol. The molecule has 1 unspecified atom stereocenters. The Morgan fingerprint density at radius 1 is 1.47 bits per heavy atom. The molecule has 1 rings (SSSR count). The van der Waals surface area contributed by atoms with Crippen molar-refractivity contribution in [2.24, 2.45) is 0 Å². The Kier molecular flexibility index (Phi) is 4.43. The normalized spacial score (nSPS) is 13.3. The van der Waals surface area contributed by atoms with Crippen LogP contribution < -0.4 is 4.74 Å². The summed E-state index contributed by atoms with van der Waals surface area (Å²) in [6.07, 6.45) is -4.83. The Morgan fingerprint density at radius 3 is 2.53 bits per heavy atom. The highest BCUT2D eigenvalue weighted by Gasteiger charge is 2.33. The number of halogens is 5. The third kappa shape index (κ3) is 4.20. The summed E-state index contributed by atoms with van der Waals surface area (Å²) in [4.78, 5) is 11.1. The first-order valence-electron chi connectivity index (χ1n) is 4.40. The molecule has 2 nitrogen and oxygen atoms in total. The van der Waals surface area contributed by atoms with E-state index in [9.17, 15) is 18.0 Å². The second-order valence-electron chi connectivity index (χ2n) is 3.20. The lowest BCUT2D eigenvalue weighted by molar-refractivity contribution is -0.274. The molecule has 0 fully saturated rings. The largest absolute Gasteiger partial charge is 0.573 e. The molecule has 0 heterocycles. The summed E-state index contributed by atoms with van der Waals surface area (Å²) in [5, 5.41) is -1.17. The smallest absolute Gasteiger partial charge is 0.405 e. The van der Waals surface area contributed by atoms with Gasteiger partial charge in [0.1, 0.15) is 11.1 Å². The SMILES string of the molecule is CC(=O)C(Cl)c1ccc(Br)cc1OC(F)(F)F. The van der Waals surface area contributed by atoms with E-state index < -0.39 is 23.3 Å². The molecule has 0 radical (unpaired) electrons. The average Bonchev–Trinajstić information content (AvgIpc) is 2.14. The predicted molar refractivity (Wildman–Crippen MR) is 60.1 cm³/mol. The molecule has 17 heavy (non-hydrogen) atoms. The van der Waals surface area contributed by atoms with E-state index in [2.05, 4.69) is 20.7 Å². The van der Waals surface area contributed by atoms with Crippen molar-refractivity contribution >= 4 is 33.3 Å². The van der Waals surface area contributed by atoms with Crippen molar-refractivity contribution in [1.29, 1.82) is 0 Å². The molecule has 1 aromatic carbocycles. The summed E-state index contributed by atoms with van der Waals surface area (Å²) in [5.74, 6) is -0.942. The van der Waals surface area contributed by atoms with E-state index in [0.717, 1.165) is 6.07 Å². The zero-order chi connectivity index (χ0) is 13.2. The van der Waals surface area contributed by atoms with Crippen LogP contribution in [0, 0.1) is 0 Å². The van der Waals surface area contributed by atoms with E-state index in [4.69, 9.17) is 11.6 Å². The lowest BCUT2D eigenvalue weighted by Crippen LogP contribution is -2.19. The third-order valence-electron chi connectivity index (χ3n) is 1.83. The molecule has 0 aliphatic carbocycles. The quantitative estimate of drug-likeness (QED) is 0.775. The molecule has 1 atom stereocenters. The van der Waals surface area contributed by atoms with Crippen molar-refractivity contribution in [2.45, 2.75) is 18.7 Å². The Hall–Kier alpha value is -0.750. The number of alkyl halides is 4. The maximum atomic E-state index is 12.2. The maximum Gasteiger partial charge on any atom is 0.573 e. The highest BCUT2D eigenvalue weighted by atomic mass is 79.9. The number of rotatable bonds is 3. The third-order valence-corrected chi connectivity index (χ3v) is 2.87. The standard InChI is InChI=1S/C10H7BrClF3O2/c1-5(16)9(12)7-3-2-6(11)4-8(7)17-10(13,14)15/h2-4,9H,1H3. The molecule has 0 aliphatic heterocycles. The minimum Gasteiger partial charge on any atom is -0.405 e. The minimum absolute atomic E-state index is 0.0142. The fraction of sp³-hybridized carbons (Fsp3) is 0.300. The molecule has 0 aromatic heterocycles. The van der Waals surface area contributed by atoms with Gasteiger partial charge in [0.05, 0.1) is 0 Å². The first-order chi connectivity index (χ1) is 7.70. The molecule has 7 heteroatoms. The van der Waals surface area contributed by atoms with Crippen LogP contribution in [0.4, 0.5) is 13.2 Å². The van der Waals surface area contributed by atoms with Gasteiger partial charge in [-0.05, 0) is 19.1 Å². The van der Waals surface area contributed by atoms with Crippen molar-refractivity contribution in [3.8, 4) is 5.75 Å². The molecular formula is C10H7BrClF3O2. The van der Waals surface area contributed by atoms with Crippen LogP contribution in [-0.2, 0) is 4.79 Å². The molecule has 0 saturated carbocycles. The Morgan fingerprint density at radius 2 is 2.06 bits per heavy atom. The number of benzene rings is 1. The Bertz CT molecular complexity index is 434. The number of hydrogen-bond donors (Lipinski definition) is 0. The van der Waals surface area contributed by atoms with Gasteiger partial charge < -0.3 is 4.74 Å². The molecule has 0 amide bonds. The van der Waals surface area contributed by atoms with E-state index in [1.807, 2.05) is 0 Å². The molecule has 0 saturated heterocycles. The summed E-state index contributed by atoms with van der Waals surface area (Å²) in [6, 6.07) is 3.91. The van der Waals surface area contributed by atoms with Gasteiger partial charge in [-0.25, -0.2) is 0 Å². The number of Topliss-reactive ketones (excluding diaryl/α,β-unsaturated/α-hetero) is 1. The maximum absolute atomic E-state index is 12.2. The second kappa shape index (κ2) is 5.27. The topological polar surface area (TPSA) is 26.3 Å². The van der Waals surface area contributed by atoms with Crippen molar-refractivity contribution in [1.82, 2.24) is 0 Å². The van der Waals surface area contributed by atoms with Gasteiger partial charge in [0.25, 0.3) is 0 Å². The Labute approximate surface area is 109 Å². The summed E-state index contributed by atoms with van der Waals surface area (Å²) in [5.41, 5.74) is -0.0142.